The molecule has 2 amide bonds. The Balaban J connectivity index is 2.09. The topological polar surface area (TPSA) is 95.9 Å². The van der Waals surface area contributed by atoms with Gasteiger partial charge in [-0.1, -0.05) is 0 Å². The fourth-order valence-corrected chi connectivity index (χ4v) is 2.36. The maximum absolute atomic E-state index is 14.1. The van der Waals surface area contributed by atoms with E-state index in [9.17, 15) is 18.8 Å². The Morgan fingerprint density at radius 3 is 2.58 bits per heavy atom. The lowest BCUT2D eigenvalue weighted by atomic mass is 10.2. The molecule has 8 heteroatoms. The van der Waals surface area contributed by atoms with Gasteiger partial charge in [-0.05, 0) is 45.4 Å². The number of carboxylic acids is 1. The molecule has 0 spiro atoms. The summed E-state index contributed by atoms with van der Waals surface area (Å²) in [7, 11) is 0. The number of aromatic carboxylic acids is 1. The third kappa shape index (κ3) is 4.01. The smallest absolute Gasteiger partial charge is 0.408 e. The first kappa shape index (κ1) is 17.7. The third-order valence-corrected chi connectivity index (χ3v) is 3.38. The lowest BCUT2D eigenvalue weighted by molar-refractivity contribution is -0.118. The zero-order chi connectivity index (χ0) is 18.1. The molecule has 0 saturated carbocycles. The van der Waals surface area contributed by atoms with Gasteiger partial charge in [0.25, 0.3) is 0 Å². The van der Waals surface area contributed by atoms with E-state index in [-0.39, 0.29) is 17.8 Å². The van der Waals surface area contributed by atoms with Gasteiger partial charge in [-0.3, -0.25) is 4.79 Å². The second-order valence-electron chi connectivity index (χ2n) is 6.45. The van der Waals surface area contributed by atoms with Crippen LogP contribution in [0.15, 0.2) is 18.2 Å². The standard InChI is InChI=1S/C16H19FN2O5/c1-16(2,3)24-15(23)18-11-6-7-19(13(11)20)12-5-4-9(14(21)22)8-10(12)17/h4-5,8,11H,6-7H2,1-3H3,(H,18,23)(H,21,22)/t11-/m0/s1. The Morgan fingerprint density at radius 2 is 2.04 bits per heavy atom. The van der Waals surface area contributed by atoms with Crippen molar-refractivity contribution in [2.75, 3.05) is 11.4 Å². The molecule has 1 aromatic rings. The number of alkyl carbamates (subject to hydrolysis) is 1. The molecule has 130 valence electrons. The van der Waals surface area contributed by atoms with Gasteiger partial charge in [0, 0.05) is 6.54 Å². The number of carbonyl (C=O) groups is 3. The second kappa shape index (κ2) is 6.46. The molecule has 1 fully saturated rings. The van der Waals surface area contributed by atoms with E-state index in [0.29, 0.717) is 6.42 Å². The molecule has 0 radical (unpaired) electrons. The van der Waals surface area contributed by atoms with Gasteiger partial charge >= 0.3 is 12.1 Å². The number of nitrogens with zero attached hydrogens (tertiary/aromatic N) is 1. The van der Waals surface area contributed by atoms with E-state index in [1.165, 1.54) is 17.0 Å². The molecule has 1 saturated heterocycles. The second-order valence-corrected chi connectivity index (χ2v) is 6.45. The van der Waals surface area contributed by atoms with Crippen molar-refractivity contribution in [2.45, 2.75) is 38.8 Å². The highest BCUT2D eigenvalue weighted by molar-refractivity contribution is 6.01. The highest BCUT2D eigenvalue weighted by Gasteiger charge is 2.35. The van der Waals surface area contributed by atoms with Crippen LogP contribution in [0.25, 0.3) is 0 Å². The van der Waals surface area contributed by atoms with E-state index in [0.717, 1.165) is 6.07 Å². The molecule has 1 aromatic carbocycles. The molecule has 0 aliphatic carbocycles. The Labute approximate surface area is 138 Å². The number of benzene rings is 1. The van der Waals surface area contributed by atoms with Crippen molar-refractivity contribution in [1.82, 2.24) is 5.32 Å². The number of amides is 2. The monoisotopic (exact) mass is 338 g/mol. The van der Waals surface area contributed by atoms with Crippen LogP contribution >= 0.6 is 0 Å². The van der Waals surface area contributed by atoms with Crippen molar-refractivity contribution in [3.05, 3.63) is 29.6 Å². The van der Waals surface area contributed by atoms with E-state index in [1.54, 1.807) is 20.8 Å². The highest BCUT2D eigenvalue weighted by atomic mass is 19.1. The average molecular weight is 338 g/mol. The number of ether oxygens (including phenoxy) is 1. The van der Waals surface area contributed by atoms with Gasteiger partial charge in [0.2, 0.25) is 5.91 Å². The van der Waals surface area contributed by atoms with Gasteiger partial charge in [0.1, 0.15) is 17.5 Å². The van der Waals surface area contributed by atoms with Crippen LogP contribution in [-0.2, 0) is 9.53 Å². The van der Waals surface area contributed by atoms with Crippen molar-refractivity contribution in [3.63, 3.8) is 0 Å². The molecule has 0 aromatic heterocycles. The summed E-state index contributed by atoms with van der Waals surface area (Å²) in [6, 6.07) is 2.52. The summed E-state index contributed by atoms with van der Waals surface area (Å²) in [5.41, 5.74) is -0.908. The number of halogens is 1. The first-order valence-corrected chi connectivity index (χ1v) is 7.42. The van der Waals surface area contributed by atoms with E-state index in [4.69, 9.17) is 9.84 Å². The maximum atomic E-state index is 14.1. The summed E-state index contributed by atoms with van der Waals surface area (Å²) < 4.78 is 19.2. The summed E-state index contributed by atoms with van der Waals surface area (Å²) >= 11 is 0. The van der Waals surface area contributed by atoms with Crippen LogP contribution in [0, 0.1) is 5.82 Å². The van der Waals surface area contributed by atoms with Crippen molar-refractivity contribution in [3.8, 4) is 0 Å². The SMILES string of the molecule is CC(C)(C)OC(=O)N[C@H]1CCN(c2ccc(C(=O)O)cc2F)C1=O. The molecule has 2 N–H and O–H groups in total. The van der Waals surface area contributed by atoms with E-state index < -0.39 is 35.4 Å². The Kier molecular flexibility index (Phi) is 4.77. The fraction of sp³-hybridized carbons (Fsp3) is 0.438. The van der Waals surface area contributed by atoms with E-state index in [2.05, 4.69) is 5.32 Å². The number of carboxylic acid groups (broad SMARTS) is 1. The van der Waals surface area contributed by atoms with Crippen LogP contribution in [0.3, 0.4) is 0 Å². The minimum Gasteiger partial charge on any atom is -0.478 e. The largest absolute Gasteiger partial charge is 0.478 e. The summed E-state index contributed by atoms with van der Waals surface area (Å²) in [4.78, 5) is 36.1. The first-order valence-electron chi connectivity index (χ1n) is 7.42. The molecule has 1 aliphatic heterocycles. The minimum absolute atomic E-state index is 0.0153. The summed E-state index contributed by atoms with van der Waals surface area (Å²) in [5.74, 6) is -2.53. The van der Waals surface area contributed by atoms with Crippen LogP contribution in [0.4, 0.5) is 14.9 Å². The van der Waals surface area contributed by atoms with Crippen LogP contribution in [0.5, 0.6) is 0 Å². The Bertz CT molecular complexity index is 684. The van der Waals surface area contributed by atoms with Gasteiger partial charge in [-0.2, -0.15) is 0 Å². The van der Waals surface area contributed by atoms with Gasteiger partial charge in [0.05, 0.1) is 11.3 Å². The minimum atomic E-state index is -1.25. The molecule has 1 aliphatic rings. The molecule has 1 atom stereocenters. The number of carbonyl (C=O) groups excluding carboxylic acids is 2. The first-order chi connectivity index (χ1) is 11.1. The zero-order valence-corrected chi connectivity index (χ0v) is 13.6. The van der Waals surface area contributed by atoms with Crippen molar-refractivity contribution < 1.29 is 28.6 Å². The molecule has 1 heterocycles. The number of anilines is 1. The normalized spacial score (nSPS) is 17.8. The number of rotatable bonds is 3. The molecule has 0 unspecified atom stereocenters. The Morgan fingerprint density at radius 1 is 1.38 bits per heavy atom. The van der Waals surface area contributed by atoms with E-state index in [1.807, 2.05) is 0 Å². The summed E-state index contributed by atoms with van der Waals surface area (Å²) in [5, 5.41) is 11.3. The molecule has 2 rings (SSSR count). The summed E-state index contributed by atoms with van der Waals surface area (Å²) in [6.07, 6.45) is -0.414. The summed E-state index contributed by atoms with van der Waals surface area (Å²) in [6.45, 7) is 5.32. The molecule has 24 heavy (non-hydrogen) atoms. The van der Waals surface area contributed by atoms with Crippen LogP contribution in [0.1, 0.15) is 37.6 Å². The van der Waals surface area contributed by atoms with Crippen LogP contribution < -0.4 is 10.2 Å². The average Bonchev–Trinajstić information content (AvgIpc) is 2.78. The highest BCUT2D eigenvalue weighted by Crippen LogP contribution is 2.26. The van der Waals surface area contributed by atoms with Gasteiger partial charge < -0.3 is 20.1 Å². The zero-order valence-electron chi connectivity index (χ0n) is 13.6. The number of hydrogen-bond donors (Lipinski definition) is 2. The molecule has 0 bridgehead atoms. The van der Waals surface area contributed by atoms with Crippen molar-refractivity contribution >= 4 is 23.7 Å². The molecule has 7 nitrogen and oxygen atoms in total. The van der Waals surface area contributed by atoms with Crippen molar-refractivity contribution in [1.29, 1.82) is 0 Å². The van der Waals surface area contributed by atoms with Gasteiger partial charge in [0.15, 0.2) is 0 Å². The number of hydrogen-bond acceptors (Lipinski definition) is 4. The fourth-order valence-electron chi connectivity index (χ4n) is 2.36. The van der Waals surface area contributed by atoms with Crippen molar-refractivity contribution in [2.24, 2.45) is 0 Å². The lowest BCUT2D eigenvalue weighted by Gasteiger charge is -2.22. The van der Waals surface area contributed by atoms with Crippen LogP contribution in [-0.4, -0.2) is 41.3 Å². The molecular weight excluding hydrogens is 319 g/mol. The third-order valence-electron chi connectivity index (χ3n) is 3.38. The molecular formula is C16H19FN2O5. The maximum Gasteiger partial charge on any atom is 0.408 e. The quantitative estimate of drug-likeness (QED) is 0.880. The predicted octanol–water partition coefficient (Wildman–Crippen LogP) is 2.15. The predicted molar refractivity (Wildman–Crippen MR) is 83.5 cm³/mol. The van der Waals surface area contributed by atoms with Gasteiger partial charge in [-0.15, -0.1) is 0 Å². The Hall–Kier alpha value is -2.64. The van der Waals surface area contributed by atoms with E-state index >= 15 is 0 Å². The van der Waals surface area contributed by atoms with Crippen LogP contribution in [0.2, 0.25) is 0 Å². The number of nitrogens with one attached hydrogen (secondary N) is 1. The van der Waals surface area contributed by atoms with Gasteiger partial charge in [-0.25, -0.2) is 14.0 Å². The lowest BCUT2D eigenvalue weighted by Crippen LogP contribution is -2.43.